The third-order valence-corrected chi connectivity index (χ3v) is 9.20. The summed E-state index contributed by atoms with van der Waals surface area (Å²) in [5.41, 5.74) is 14.7. The Kier molecular flexibility index (Phi) is 9.19. The number of carbonyl (C=O) groups excluding carboxylic acids is 3. The number of nitrogens with two attached hydrogens (primary N) is 2. The molecule has 0 spiro atoms. The molecule has 282 valence electrons. The van der Waals surface area contributed by atoms with Crippen molar-refractivity contribution in [3.63, 3.8) is 0 Å². The second-order valence-electron chi connectivity index (χ2n) is 12.8. The topological polar surface area (TPSA) is 199 Å². The number of aryl methyl sites for hydroxylation is 4. The van der Waals surface area contributed by atoms with Gasteiger partial charge < -0.3 is 20.6 Å². The van der Waals surface area contributed by atoms with Crippen molar-refractivity contribution in [3.8, 4) is 11.5 Å². The fourth-order valence-electron chi connectivity index (χ4n) is 6.70. The Morgan fingerprint density at radius 3 is 2.22 bits per heavy atom. The van der Waals surface area contributed by atoms with Crippen LogP contribution in [0.1, 0.15) is 62.0 Å². The second-order valence-corrected chi connectivity index (χ2v) is 12.8. The molecular formula is C37H35F3N12O3. The van der Waals surface area contributed by atoms with Gasteiger partial charge in [-0.1, -0.05) is 12.2 Å². The molecule has 18 heteroatoms. The number of nitrogens with one attached hydrogen (secondary N) is 1. The molecule has 0 fully saturated rings. The molecule has 0 bridgehead atoms. The van der Waals surface area contributed by atoms with E-state index < -0.39 is 29.6 Å². The molecule has 0 aliphatic carbocycles. The maximum atomic E-state index is 13.6. The fraction of sp³-hybridized carbons (Fsp3) is 0.243. The number of imidazole rings is 1. The zero-order valence-electron chi connectivity index (χ0n) is 30.1. The van der Waals surface area contributed by atoms with E-state index in [1.165, 1.54) is 10.9 Å². The van der Waals surface area contributed by atoms with Crippen LogP contribution in [0.2, 0.25) is 0 Å². The highest BCUT2D eigenvalue weighted by molar-refractivity contribution is 6.09. The highest BCUT2D eigenvalue weighted by atomic mass is 19.4. The molecule has 2 aromatic carbocycles. The van der Waals surface area contributed by atoms with Crippen molar-refractivity contribution in [3.05, 3.63) is 94.6 Å². The van der Waals surface area contributed by atoms with Crippen LogP contribution in [-0.2, 0) is 32.4 Å². The summed E-state index contributed by atoms with van der Waals surface area (Å²) in [6.07, 6.45) is 0.568. The third kappa shape index (κ3) is 6.66. The van der Waals surface area contributed by atoms with Gasteiger partial charge in [0.1, 0.15) is 17.0 Å². The van der Waals surface area contributed by atoms with Crippen molar-refractivity contribution in [2.45, 2.75) is 60.1 Å². The van der Waals surface area contributed by atoms with Crippen molar-refractivity contribution in [2.75, 3.05) is 5.32 Å². The van der Waals surface area contributed by atoms with Crippen LogP contribution in [0.15, 0.2) is 60.8 Å². The third-order valence-electron chi connectivity index (χ3n) is 9.20. The number of nitrogens with zero attached hydrogens (tertiary/aromatic N) is 9. The minimum Gasteiger partial charge on any atom is -0.366 e. The summed E-state index contributed by atoms with van der Waals surface area (Å²) >= 11 is 0. The molecule has 5 N–H and O–H groups in total. The van der Waals surface area contributed by atoms with Gasteiger partial charge in [-0.3, -0.25) is 29.1 Å². The average Bonchev–Trinajstić information content (AvgIpc) is 3.91. The monoisotopic (exact) mass is 752 g/mol. The Morgan fingerprint density at radius 2 is 1.55 bits per heavy atom. The number of aromatic nitrogens is 9. The molecule has 0 aliphatic rings. The van der Waals surface area contributed by atoms with E-state index in [9.17, 15) is 27.6 Å². The van der Waals surface area contributed by atoms with Crippen LogP contribution < -0.4 is 16.8 Å². The molecule has 0 aliphatic heterocycles. The van der Waals surface area contributed by atoms with E-state index in [1.807, 2.05) is 30.6 Å². The average molecular weight is 753 g/mol. The van der Waals surface area contributed by atoms with Gasteiger partial charge in [0.2, 0.25) is 17.8 Å². The van der Waals surface area contributed by atoms with Gasteiger partial charge >= 0.3 is 6.18 Å². The number of primary amides is 2. The molecule has 3 amide bonds. The van der Waals surface area contributed by atoms with Gasteiger partial charge in [-0.05, 0) is 75.7 Å². The Bertz CT molecular complexity index is 2720. The van der Waals surface area contributed by atoms with Crippen molar-refractivity contribution in [1.82, 2.24) is 43.6 Å². The molecule has 15 nitrogen and oxygen atoms in total. The number of hydrogen-bond acceptors (Lipinski definition) is 8. The minimum atomic E-state index is -4.66. The van der Waals surface area contributed by atoms with Crippen LogP contribution in [0.25, 0.3) is 44.5 Å². The van der Waals surface area contributed by atoms with Crippen LogP contribution in [-0.4, -0.2) is 61.4 Å². The summed E-state index contributed by atoms with van der Waals surface area (Å²) in [5.74, 6) is -1.40. The van der Waals surface area contributed by atoms with Gasteiger partial charge in [-0.15, -0.1) is 0 Å². The smallest absolute Gasteiger partial charge is 0.366 e. The molecule has 0 unspecified atom stereocenters. The molecule has 0 saturated heterocycles. The number of halogens is 3. The molecule has 7 aromatic rings. The lowest BCUT2D eigenvalue weighted by molar-refractivity contribution is -0.141. The lowest BCUT2D eigenvalue weighted by Crippen LogP contribution is -2.20. The van der Waals surface area contributed by atoms with Gasteiger partial charge in [0.15, 0.2) is 11.5 Å². The SMILES string of the molecule is CCn1nc(C)cc1C(=O)Nc1nc2cc(C(N)=O)cc(C)c2n1CC=CCn1c2ccc(C(N)=O)cc2c2cnc(-c3cc(C(F)(F)F)nn3CC)nc21. The highest BCUT2D eigenvalue weighted by Crippen LogP contribution is 2.33. The first-order valence-electron chi connectivity index (χ1n) is 17.2. The van der Waals surface area contributed by atoms with Crippen LogP contribution >= 0.6 is 0 Å². The number of rotatable bonds is 11. The summed E-state index contributed by atoms with van der Waals surface area (Å²) in [7, 11) is 0. The number of fused-ring (bicyclic) bond motifs is 4. The van der Waals surface area contributed by atoms with Crippen molar-refractivity contribution >= 4 is 56.6 Å². The highest BCUT2D eigenvalue weighted by Gasteiger charge is 2.35. The molecule has 7 rings (SSSR count). The van der Waals surface area contributed by atoms with Crippen molar-refractivity contribution in [2.24, 2.45) is 11.5 Å². The zero-order valence-corrected chi connectivity index (χ0v) is 30.1. The number of amides is 3. The van der Waals surface area contributed by atoms with Gasteiger partial charge in [-0.2, -0.15) is 23.4 Å². The fourth-order valence-corrected chi connectivity index (χ4v) is 6.70. The van der Waals surface area contributed by atoms with Crippen LogP contribution in [0.3, 0.4) is 0 Å². The van der Waals surface area contributed by atoms with E-state index in [-0.39, 0.29) is 48.2 Å². The van der Waals surface area contributed by atoms with Gasteiger partial charge in [0, 0.05) is 54.3 Å². The molecule has 55 heavy (non-hydrogen) atoms. The maximum absolute atomic E-state index is 13.6. The van der Waals surface area contributed by atoms with Gasteiger partial charge in [0.05, 0.1) is 22.2 Å². The predicted molar refractivity (Wildman–Crippen MR) is 198 cm³/mol. The molecule has 5 heterocycles. The first-order valence-corrected chi connectivity index (χ1v) is 17.2. The first-order chi connectivity index (χ1) is 26.2. The lowest BCUT2D eigenvalue weighted by Gasteiger charge is -2.10. The Balaban J connectivity index is 1.29. The van der Waals surface area contributed by atoms with Crippen LogP contribution in [0.5, 0.6) is 0 Å². The van der Waals surface area contributed by atoms with Crippen LogP contribution in [0.4, 0.5) is 19.1 Å². The van der Waals surface area contributed by atoms with Crippen molar-refractivity contribution < 1.29 is 27.6 Å². The second kappa shape index (κ2) is 13.9. The summed E-state index contributed by atoms with van der Waals surface area (Å²) in [6.45, 7) is 8.25. The minimum absolute atomic E-state index is 0.0381. The number of hydrogen-bond donors (Lipinski definition) is 3. The molecular weight excluding hydrogens is 717 g/mol. The number of carbonyl (C=O) groups is 3. The number of allylic oxidation sites excluding steroid dienone is 2. The van der Waals surface area contributed by atoms with E-state index in [0.717, 1.165) is 6.07 Å². The molecule has 0 atom stereocenters. The van der Waals surface area contributed by atoms with E-state index in [1.54, 1.807) is 59.5 Å². The summed E-state index contributed by atoms with van der Waals surface area (Å²) in [5, 5.41) is 12.2. The van der Waals surface area contributed by atoms with E-state index >= 15 is 0 Å². The summed E-state index contributed by atoms with van der Waals surface area (Å²) in [6, 6.07) is 10.8. The number of anilines is 1. The molecule has 0 radical (unpaired) electrons. The van der Waals surface area contributed by atoms with E-state index in [4.69, 9.17) is 16.5 Å². The maximum Gasteiger partial charge on any atom is 0.435 e. The van der Waals surface area contributed by atoms with Gasteiger partial charge in [0.25, 0.3) is 5.91 Å². The summed E-state index contributed by atoms with van der Waals surface area (Å²) in [4.78, 5) is 51.5. The quantitative estimate of drug-likeness (QED) is 0.146. The molecule has 5 aromatic heterocycles. The normalized spacial score (nSPS) is 12.1. The van der Waals surface area contributed by atoms with E-state index in [2.05, 4.69) is 25.5 Å². The number of alkyl halides is 3. The molecule has 0 saturated carbocycles. The van der Waals surface area contributed by atoms with Crippen molar-refractivity contribution in [1.29, 1.82) is 0 Å². The summed E-state index contributed by atoms with van der Waals surface area (Å²) < 4.78 is 47.3. The van der Waals surface area contributed by atoms with Gasteiger partial charge in [-0.25, -0.2) is 15.0 Å². The zero-order chi connectivity index (χ0) is 39.3. The standard InChI is InChI=1S/C37H35F3N12O3/c1-5-51-27(17-29(48-51)37(38,39)40)33-43-18-24-23-15-21(31(41)53)9-10-26(23)49(34(24)45-33)11-7-8-12-50-30-19(3)13-22(32(42)54)16-25(30)44-36(50)46-35(55)28-14-20(4)47-52(28)6-2/h7-10,13-18H,5-6,11-12H2,1-4H3,(H2,41,53)(H2,42,54)(H,44,46,55). The largest absolute Gasteiger partial charge is 0.435 e. The Hall–Kier alpha value is -6.85. The van der Waals surface area contributed by atoms with E-state index in [0.29, 0.717) is 56.5 Å². The number of benzene rings is 2. The first kappa shape index (κ1) is 36.5. The Morgan fingerprint density at radius 1 is 0.836 bits per heavy atom. The Labute approximate surface area is 310 Å². The predicted octanol–water partition coefficient (Wildman–Crippen LogP) is 5.38. The van der Waals surface area contributed by atoms with Crippen LogP contribution in [0, 0.1) is 13.8 Å². The lowest BCUT2D eigenvalue weighted by atomic mass is 10.1.